The molecule has 9 heteroatoms. The SMILES string of the molecule is C1CCC(NC2CCCCC2)CC1.C=CCOC(=O)NCC[C@H](NC(=O)OCc1ccccc1)C(=O)O. The number of carboxylic acids is 1. The molecule has 0 saturated heterocycles. The normalized spacial score (nSPS) is 16.9. The smallest absolute Gasteiger partial charge is 0.408 e. The van der Waals surface area contributed by atoms with Gasteiger partial charge in [0.1, 0.15) is 19.3 Å². The number of hydrogen-bond donors (Lipinski definition) is 4. The van der Waals surface area contributed by atoms with Crippen molar-refractivity contribution in [2.24, 2.45) is 0 Å². The summed E-state index contributed by atoms with van der Waals surface area (Å²) >= 11 is 0. The van der Waals surface area contributed by atoms with Gasteiger partial charge in [0, 0.05) is 18.6 Å². The molecule has 0 aliphatic heterocycles. The van der Waals surface area contributed by atoms with Gasteiger partial charge in [0.2, 0.25) is 0 Å². The second kappa shape index (κ2) is 18.2. The second-order valence-electron chi connectivity index (χ2n) is 9.54. The molecule has 0 aromatic heterocycles. The van der Waals surface area contributed by atoms with Gasteiger partial charge in [-0.15, -0.1) is 0 Å². The van der Waals surface area contributed by atoms with Crippen LogP contribution in [-0.2, 0) is 20.9 Å². The Hall–Kier alpha value is -3.07. The van der Waals surface area contributed by atoms with Crippen LogP contribution in [0.3, 0.4) is 0 Å². The number of nitrogens with one attached hydrogen (secondary N) is 3. The van der Waals surface area contributed by atoms with Crippen molar-refractivity contribution in [3.63, 3.8) is 0 Å². The van der Waals surface area contributed by atoms with Crippen molar-refractivity contribution in [2.75, 3.05) is 13.2 Å². The third-order valence-corrected chi connectivity index (χ3v) is 6.52. The topological polar surface area (TPSA) is 126 Å². The molecule has 0 bridgehead atoms. The van der Waals surface area contributed by atoms with Gasteiger partial charge < -0.3 is 30.5 Å². The molecule has 206 valence electrons. The van der Waals surface area contributed by atoms with Crippen LogP contribution in [0.2, 0.25) is 0 Å². The van der Waals surface area contributed by atoms with Gasteiger partial charge in [0.05, 0.1) is 0 Å². The zero-order valence-corrected chi connectivity index (χ0v) is 21.8. The van der Waals surface area contributed by atoms with Crippen LogP contribution < -0.4 is 16.0 Å². The van der Waals surface area contributed by atoms with E-state index >= 15 is 0 Å². The second-order valence-corrected chi connectivity index (χ2v) is 9.54. The molecule has 0 radical (unpaired) electrons. The van der Waals surface area contributed by atoms with E-state index in [4.69, 9.17) is 9.84 Å². The van der Waals surface area contributed by atoms with Crippen molar-refractivity contribution < 1.29 is 29.0 Å². The molecule has 0 heterocycles. The first-order valence-corrected chi connectivity index (χ1v) is 13.5. The summed E-state index contributed by atoms with van der Waals surface area (Å²) in [4.78, 5) is 34.0. The minimum Gasteiger partial charge on any atom is -0.480 e. The molecule has 1 aromatic carbocycles. The maximum atomic E-state index is 11.6. The van der Waals surface area contributed by atoms with E-state index in [0.29, 0.717) is 0 Å². The van der Waals surface area contributed by atoms with Crippen molar-refractivity contribution in [1.82, 2.24) is 16.0 Å². The molecule has 1 atom stereocenters. The minimum atomic E-state index is -1.23. The highest BCUT2D eigenvalue weighted by atomic mass is 16.6. The largest absolute Gasteiger partial charge is 0.480 e. The maximum absolute atomic E-state index is 11.6. The number of carbonyl (C=O) groups is 3. The third kappa shape index (κ3) is 13.7. The van der Waals surface area contributed by atoms with Crippen molar-refractivity contribution in [2.45, 2.75) is 95.4 Å². The number of amides is 2. The molecule has 0 spiro atoms. The molecule has 4 N–H and O–H groups in total. The molecule has 0 unspecified atom stereocenters. The lowest BCUT2D eigenvalue weighted by atomic mass is 9.91. The Morgan fingerprint density at radius 2 is 1.51 bits per heavy atom. The fraction of sp³-hybridized carbons (Fsp3) is 0.607. The third-order valence-electron chi connectivity index (χ3n) is 6.52. The van der Waals surface area contributed by atoms with Crippen LogP contribution in [0, 0.1) is 0 Å². The molecular weight excluding hydrogens is 474 g/mol. The van der Waals surface area contributed by atoms with Crippen molar-refractivity contribution >= 4 is 18.2 Å². The van der Waals surface area contributed by atoms with Gasteiger partial charge in [-0.05, 0) is 37.7 Å². The van der Waals surface area contributed by atoms with Crippen LogP contribution in [0.4, 0.5) is 9.59 Å². The summed E-state index contributed by atoms with van der Waals surface area (Å²) in [6.45, 7) is 3.50. The molecule has 2 aliphatic carbocycles. The Morgan fingerprint density at radius 3 is 2.05 bits per heavy atom. The predicted molar refractivity (Wildman–Crippen MR) is 142 cm³/mol. The molecule has 2 amide bonds. The van der Waals surface area contributed by atoms with Crippen LogP contribution in [0.25, 0.3) is 0 Å². The van der Waals surface area contributed by atoms with Crippen molar-refractivity contribution in [3.05, 3.63) is 48.6 Å². The number of aliphatic carboxylic acids is 1. The van der Waals surface area contributed by atoms with E-state index in [2.05, 4.69) is 27.3 Å². The Bertz CT molecular complexity index is 791. The van der Waals surface area contributed by atoms with Gasteiger partial charge in [0.25, 0.3) is 0 Å². The summed E-state index contributed by atoms with van der Waals surface area (Å²) in [5.74, 6) is -1.23. The number of hydrogen-bond acceptors (Lipinski definition) is 6. The summed E-state index contributed by atoms with van der Waals surface area (Å²) in [5, 5.41) is 17.5. The molecule has 37 heavy (non-hydrogen) atoms. The number of carbonyl (C=O) groups excluding carboxylic acids is 2. The van der Waals surface area contributed by atoms with Crippen LogP contribution in [-0.4, -0.2) is 54.5 Å². The fourth-order valence-corrected chi connectivity index (χ4v) is 4.54. The van der Waals surface area contributed by atoms with Gasteiger partial charge in [-0.3, -0.25) is 0 Å². The summed E-state index contributed by atoms with van der Waals surface area (Å²) in [5.41, 5.74) is 0.783. The molecular formula is C28H43N3O6. The average molecular weight is 518 g/mol. The van der Waals surface area contributed by atoms with Gasteiger partial charge >= 0.3 is 18.2 Å². The van der Waals surface area contributed by atoms with Gasteiger partial charge in [-0.1, -0.05) is 81.5 Å². The molecule has 1 aromatic rings. The van der Waals surface area contributed by atoms with E-state index in [1.165, 1.54) is 70.3 Å². The molecule has 2 saturated carbocycles. The predicted octanol–water partition coefficient (Wildman–Crippen LogP) is 4.91. The standard InChI is InChI=1S/C16H20N2O6.C12H23N/c1-2-10-23-15(21)17-9-8-13(14(19)20)18-16(22)24-11-12-6-4-3-5-7-12;1-3-7-11(8-4-1)13-12-9-5-2-6-10-12/h2-7,13H,1,8-11H2,(H,17,21)(H,18,22)(H,19,20);11-13H,1-10H2/t13-;/m0./s1. The molecule has 9 nitrogen and oxygen atoms in total. The van der Waals surface area contributed by atoms with E-state index in [-0.39, 0.29) is 26.2 Å². The lowest BCUT2D eigenvalue weighted by molar-refractivity contribution is -0.139. The first kappa shape index (κ1) is 30.2. The molecule has 2 aliphatic rings. The highest BCUT2D eigenvalue weighted by molar-refractivity contribution is 5.80. The Labute approximate surface area is 220 Å². The molecule has 2 fully saturated rings. The maximum Gasteiger partial charge on any atom is 0.408 e. The Morgan fingerprint density at radius 1 is 0.919 bits per heavy atom. The zero-order chi connectivity index (χ0) is 26.7. The number of carboxylic acid groups (broad SMARTS) is 1. The highest BCUT2D eigenvalue weighted by Crippen LogP contribution is 2.22. The minimum absolute atomic E-state index is 0.0149. The van der Waals surface area contributed by atoms with E-state index in [0.717, 1.165) is 17.6 Å². The summed E-state index contributed by atoms with van der Waals surface area (Å²) in [7, 11) is 0. The lowest BCUT2D eigenvalue weighted by Crippen LogP contribution is -2.43. The van der Waals surface area contributed by atoms with Crippen LogP contribution in [0.5, 0.6) is 0 Å². The number of alkyl carbamates (subject to hydrolysis) is 2. The van der Waals surface area contributed by atoms with E-state index in [9.17, 15) is 14.4 Å². The van der Waals surface area contributed by atoms with Crippen molar-refractivity contribution in [3.8, 4) is 0 Å². The van der Waals surface area contributed by atoms with Gasteiger partial charge in [-0.2, -0.15) is 0 Å². The Kier molecular flexibility index (Phi) is 14.8. The van der Waals surface area contributed by atoms with Crippen molar-refractivity contribution in [1.29, 1.82) is 0 Å². The average Bonchev–Trinajstić information content (AvgIpc) is 2.92. The zero-order valence-electron chi connectivity index (χ0n) is 21.8. The number of rotatable bonds is 11. The molecule has 3 rings (SSSR count). The van der Waals surface area contributed by atoms with E-state index < -0.39 is 24.2 Å². The number of ether oxygens (including phenoxy) is 2. The van der Waals surface area contributed by atoms with Gasteiger partial charge in [-0.25, -0.2) is 14.4 Å². The quantitative estimate of drug-likeness (QED) is 0.307. The highest BCUT2D eigenvalue weighted by Gasteiger charge is 2.21. The van der Waals surface area contributed by atoms with Crippen LogP contribution in [0.15, 0.2) is 43.0 Å². The first-order chi connectivity index (χ1) is 18.0. The van der Waals surface area contributed by atoms with Crippen LogP contribution >= 0.6 is 0 Å². The summed E-state index contributed by atoms with van der Waals surface area (Å²) in [6.07, 6.45) is 14.4. The fourth-order valence-electron chi connectivity index (χ4n) is 4.54. The summed E-state index contributed by atoms with van der Waals surface area (Å²) in [6, 6.07) is 9.54. The Balaban J connectivity index is 0.000000308. The monoisotopic (exact) mass is 517 g/mol. The van der Waals surface area contributed by atoms with Gasteiger partial charge in [0.15, 0.2) is 0 Å². The van der Waals surface area contributed by atoms with Crippen LogP contribution in [0.1, 0.15) is 76.2 Å². The van der Waals surface area contributed by atoms with E-state index in [1.54, 1.807) is 24.3 Å². The van der Waals surface area contributed by atoms with E-state index in [1.807, 2.05) is 6.07 Å². The number of benzene rings is 1. The first-order valence-electron chi connectivity index (χ1n) is 13.5. The lowest BCUT2D eigenvalue weighted by Gasteiger charge is -2.30. The summed E-state index contributed by atoms with van der Waals surface area (Å²) < 4.78 is 9.63.